The molecule has 27 heavy (non-hydrogen) atoms. The van der Waals surface area contributed by atoms with Crippen LogP contribution in [0.2, 0.25) is 5.02 Å². The Morgan fingerprint density at radius 2 is 1.74 bits per heavy atom. The molecule has 2 rings (SSSR count). The fourth-order valence-corrected chi connectivity index (χ4v) is 2.35. The van der Waals surface area contributed by atoms with Gasteiger partial charge in [0, 0.05) is 0 Å². The zero-order valence-electron chi connectivity index (χ0n) is 14.5. The lowest BCUT2D eigenvalue weighted by Crippen LogP contribution is -2.49. The molecule has 0 saturated heterocycles. The summed E-state index contributed by atoms with van der Waals surface area (Å²) in [6.07, 6.45) is 0.134. The average molecular weight is 408 g/mol. The Morgan fingerprint density at radius 1 is 1.04 bits per heavy atom. The standard InChI is InChI=1S/C18H18ClN3O4S/c1-25-13-8-6-12(7-9-13)10-16(23)20-18(27)22-21-17(24)11-26-15-5-3-2-4-14(15)19/h2-9H,10-11H2,1H3,(H,21,24)(H2,20,22,23,27). The number of para-hydroxylation sites is 1. The number of hydrogen-bond donors (Lipinski definition) is 3. The zero-order chi connectivity index (χ0) is 19.6. The van der Waals surface area contributed by atoms with Gasteiger partial charge in [-0.2, -0.15) is 0 Å². The van der Waals surface area contributed by atoms with E-state index >= 15 is 0 Å². The van der Waals surface area contributed by atoms with Gasteiger partial charge in [0.1, 0.15) is 11.5 Å². The summed E-state index contributed by atoms with van der Waals surface area (Å²) in [6.45, 7) is -0.265. The fraction of sp³-hybridized carbons (Fsp3) is 0.167. The van der Waals surface area contributed by atoms with Gasteiger partial charge in [-0.15, -0.1) is 0 Å². The summed E-state index contributed by atoms with van der Waals surface area (Å²) in [5.41, 5.74) is 5.56. The van der Waals surface area contributed by atoms with Crippen molar-refractivity contribution < 1.29 is 19.1 Å². The minimum atomic E-state index is -0.485. The quantitative estimate of drug-likeness (QED) is 0.501. The highest BCUT2D eigenvalue weighted by Crippen LogP contribution is 2.22. The highest BCUT2D eigenvalue weighted by atomic mass is 35.5. The number of halogens is 1. The molecule has 2 amide bonds. The van der Waals surface area contributed by atoms with Crippen LogP contribution >= 0.6 is 23.8 Å². The van der Waals surface area contributed by atoms with Crippen LogP contribution in [0.15, 0.2) is 48.5 Å². The van der Waals surface area contributed by atoms with E-state index in [2.05, 4.69) is 16.2 Å². The Bertz CT molecular complexity index is 815. The smallest absolute Gasteiger partial charge is 0.276 e. The highest BCUT2D eigenvalue weighted by molar-refractivity contribution is 7.80. The maximum absolute atomic E-state index is 11.9. The number of nitrogens with one attached hydrogen (secondary N) is 3. The lowest BCUT2D eigenvalue weighted by molar-refractivity contribution is -0.124. The molecule has 0 fully saturated rings. The molecule has 0 aromatic heterocycles. The van der Waals surface area contributed by atoms with Gasteiger partial charge in [-0.3, -0.25) is 20.4 Å². The van der Waals surface area contributed by atoms with Crippen molar-refractivity contribution in [3.63, 3.8) is 0 Å². The lowest BCUT2D eigenvalue weighted by atomic mass is 10.1. The van der Waals surface area contributed by atoms with Gasteiger partial charge in [-0.25, -0.2) is 0 Å². The fourth-order valence-electron chi connectivity index (χ4n) is 2.00. The second-order valence-electron chi connectivity index (χ2n) is 5.29. The predicted octanol–water partition coefficient (Wildman–Crippen LogP) is 1.99. The second-order valence-corrected chi connectivity index (χ2v) is 6.11. The number of ether oxygens (including phenoxy) is 2. The van der Waals surface area contributed by atoms with Crippen LogP contribution in [0, 0.1) is 0 Å². The Balaban J connectivity index is 1.69. The van der Waals surface area contributed by atoms with E-state index in [1.54, 1.807) is 55.6 Å². The molecule has 7 nitrogen and oxygen atoms in total. The van der Waals surface area contributed by atoms with Crippen LogP contribution in [0.25, 0.3) is 0 Å². The second kappa shape index (κ2) is 10.3. The molecule has 3 N–H and O–H groups in total. The minimum absolute atomic E-state index is 0.0281. The Labute approximate surface area is 167 Å². The predicted molar refractivity (Wildman–Crippen MR) is 106 cm³/mol. The molecule has 0 radical (unpaired) electrons. The molecule has 2 aromatic rings. The summed E-state index contributed by atoms with van der Waals surface area (Å²) in [7, 11) is 1.57. The third-order valence-corrected chi connectivity index (χ3v) is 3.80. The van der Waals surface area contributed by atoms with Crippen LogP contribution in [-0.4, -0.2) is 30.6 Å². The highest BCUT2D eigenvalue weighted by Gasteiger charge is 2.08. The number of amides is 2. The summed E-state index contributed by atoms with van der Waals surface area (Å²) in [5, 5.41) is 2.84. The maximum Gasteiger partial charge on any atom is 0.276 e. The van der Waals surface area contributed by atoms with Gasteiger partial charge in [0.15, 0.2) is 11.7 Å². The number of hydrazine groups is 1. The van der Waals surface area contributed by atoms with Gasteiger partial charge in [0.2, 0.25) is 5.91 Å². The van der Waals surface area contributed by atoms with Crippen LogP contribution in [-0.2, 0) is 16.0 Å². The first-order valence-corrected chi connectivity index (χ1v) is 8.65. The minimum Gasteiger partial charge on any atom is -0.497 e. The molecule has 0 bridgehead atoms. The SMILES string of the molecule is COc1ccc(CC(=O)NC(=S)NNC(=O)COc2ccccc2Cl)cc1. The van der Waals surface area contributed by atoms with Crippen LogP contribution in [0.1, 0.15) is 5.56 Å². The molecule has 142 valence electrons. The van der Waals surface area contributed by atoms with E-state index in [9.17, 15) is 9.59 Å². The zero-order valence-corrected chi connectivity index (χ0v) is 16.0. The van der Waals surface area contributed by atoms with Gasteiger partial charge in [0.25, 0.3) is 5.91 Å². The molecule has 0 saturated carbocycles. The van der Waals surface area contributed by atoms with Crippen molar-refractivity contribution in [2.24, 2.45) is 0 Å². The number of methoxy groups -OCH3 is 1. The summed E-state index contributed by atoms with van der Waals surface area (Å²) in [6, 6.07) is 13.9. The van der Waals surface area contributed by atoms with Crippen molar-refractivity contribution in [3.05, 3.63) is 59.1 Å². The van der Waals surface area contributed by atoms with Crippen molar-refractivity contribution in [2.75, 3.05) is 13.7 Å². The Hall–Kier alpha value is -2.84. The van der Waals surface area contributed by atoms with Crippen LogP contribution in [0.5, 0.6) is 11.5 Å². The van der Waals surface area contributed by atoms with Crippen molar-refractivity contribution in [1.82, 2.24) is 16.2 Å². The molecular weight excluding hydrogens is 390 g/mol. The van der Waals surface area contributed by atoms with Gasteiger partial charge in [0.05, 0.1) is 18.6 Å². The van der Waals surface area contributed by atoms with Gasteiger partial charge in [-0.1, -0.05) is 35.9 Å². The van der Waals surface area contributed by atoms with E-state index in [1.165, 1.54) is 0 Å². The summed E-state index contributed by atoms with van der Waals surface area (Å²) in [4.78, 5) is 23.7. The monoisotopic (exact) mass is 407 g/mol. The number of hydrogen-bond acceptors (Lipinski definition) is 5. The summed E-state index contributed by atoms with van der Waals surface area (Å²) >= 11 is 10.9. The Kier molecular flexibility index (Phi) is 7.84. The topological polar surface area (TPSA) is 88.7 Å². The summed E-state index contributed by atoms with van der Waals surface area (Å²) in [5.74, 6) is 0.295. The number of rotatable bonds is 6. The number of carbonyl (C=O) groups is 2. The third-order valence-electron chi connectivity index (χ3n) is 3.29. The van der Waals surface area contributed by atoms with Crippen molar-refractivity contribution in [2.45, 2.75) is 6.42 Å². The molecule has 0 aliphatic heterocycles. The third kappa shape index (κ3) is 7.12. The van der Waals surface area contributed by atoms with Crippen LogP contribution in [0.4, 0.5) is 0 Å². The molecule has 0 atom stereocenters. The molecule has 0 heterocycles. The molecule has 0 unspecified atom stereocenters. The maximum atomic E-state index is 11.9. The van der Waals surface area contributed by atoms with E-state index in [0.29, 0.717) is 16.5 Å². The van der Waals surface area contributed by atoms with E-state index < -0.39 is 5.91 Å². The summed E-state index contributed by atoms with van der Waals surface area (Å²) < 4.78 is 10.3. The average Bonchev–Trinajstić information content (AvgIpc) is 2.66. The van der Waals surface area contributed by atoms with E-state index in [-0.39, 0.29) is 24.0 Å². The van der Waals surface area contributed by atoms with Gasteiger partial charge < -0.3 is 14.8 Å². The molecule has 0 aliphatic carbocycles. The van der Waals surface area contributed by atoms with Crippen molar-refractivity contribution in [1.29, 1.82) is 0 Å². The number of benzene rings is 2. The first kappa shape index (κ1) is 20.5. The van der Waals surface area contributed by atoms with Gasteiger partial charge >= 0.3 is 0 Å². The van der Waals surface area contributed by atoms with E-state index in [0.717, 1.165) is 5.56 Å². The molecule has 0 aliphatic rings. The number of thiocarbonyl (C=S) groups is 1. The first-order chi connectivity index (χ1) is 13.0. The lowest BCUT2D eigenvalue weighted by Gasteiger charge is -2.12. The van der Waals surface area contributed by atoms with E-state index in [4.69, 9.17) is 33.3 Å². The molecule has 2 aromatic carbocycles. The van der Waals surface area contributed by atoms with Crippen LogP contribution in [0.3, 0.4) is 0 Å². The van der Waals surface area contributed by atoms with Crippen molar-refractivity contribution >= 4 is 40.7 Å². The molecule has 0 spiro atoms. The Morgan fingerprint density at radius 3 is 2.41 bits per heavy atom. The van der Waals surface area contributed by atoms with Crippen LogP contribution < -0.4 is 25.6 Å². The largest absolute Gasteiger partial charge is 0.497 e. The molecule has 9 heteroatoms. The number of carbonyl (C=O) groups excluding carboxylic acids is 2. The normalized spacial score (nSPS) is 9.85. The van der Waals surface area contributed by atoms with E-state index in [1.807, 2.05) is 0 Å². The molecular formula is C18H18ClN3O4S. The first-order valence-electron chi connectivity index (χ1n) is 7.87. The van der Waals surface area contributed by atoms with Crippen molar-refractivity contribution in [3.8, 4) is 11.5 Å². The van der Waals surface area contributed by atoms with Gasteiger partial charge in [-0.05, 0) is 42.0 Å².